The molecule has 29 heavy (non-hydrogen) atoms. The van der Waals surface area contributed by atoms with Gasteiger partial charge in [0, 0.05) is 32.1 Å². The zero-order valence-corrected chi connectivity index (χ0v) is 18.3. The van der Waals surface area contributed by atoms with Gasteiger partial charge in [-0.05, 0) is 40.5 Å². The average Bonchev–Trinajstić information content (AvgIpc) is 3.00. The van der Waals surface area contributed by atoms with Crippen molar-refractivity contribution in [2.24, 2.45) is 0 Å². The highest BCUT2D eigenvalue weighted by molar-refractivity contribution is 7.19. The quantitative estimate of drug-likeness (QED) is 0.811. The number of likely N-dealkylation sites (tertiary alicyclic amines) is 1. The topological polar surface area (TPSA) is 97.3 Å². The Hall–Kier alpha value is -2.55. The number of thiazole rings is 1. The highest BCUT2D eigenvalue weighted by Crippen LogP contribution is 2.33. The first kappa shape index (κ1) is 21.2. The molecular formula is C20H27N5O3S. The lowest BCUT2D eigenvalue weighted by molar-refractivity contribution is -0.114. The van der Waals surface area contributed by atoms with Crippen molar-refractivity contribution in [1.29, 1.82) is 0 Å². The predicted molar refractivity (Wildman–Crippen MR) is 112 cm³/mol. The number of ether oxygens (including phenoxy) is 1. The molecule has 1 aliphatic heterocycles. The lowest BCUT2D eigenvalue weighted by atomic mass is 9.94. The summed E-state index contributed by atoms with van der Waals surface area (Å²) >= 11 is 1.39. The lowest BCUT2D eigenvalue weighted by Crippen LogP contribution is -2.41. The molecule has 1 saturated heterocycles. The maximum atomic E-state index is 12.3. The Labute approximate surface area is 174 Å². The second-order valence-electron chi connectivity index (χ2n) is 8.19. The third-order valence-corrected chi connectivity index (χ3v) is 5.63. The Morgan fingerprint density at radius 1 is 1.21 bits per heavy atom. The Kier molecular flexibility index (Phi) is 6.16. The molecule has 9 heteroatoms. The molecule has 0 radical (unpaired) electrons. The van der Waals surface area contributed by atoms with E-state index in [9.17, 15) is 9.59 Å². The van der Waals surface area contributed by atoms with E-state index >= 15 is 0 Å². The Balaban J connectivity index is 1.69. The summed E-state index contributed by atoms with van der Waals surface area (Å²) in [5, 5.41) is 3.27. The Bertz CT molecular complexity index is 898. The molecule has 2 aromatic heterocycles. The molecule has 0 atom stereocenters. The van der Waals surface area contributed by atoms with Gasteiger partial charge in [-0.15, -0.1) is 0 Å². The normalized spacial score (nSPS) is 15.3. The van der Waals surface area contributed by atoms with Gasteiger partial charge in [0.1, 0.15) is 11.3 Å². The van der Waals surface area contributed by atoms with E-state index in [0.717, 1.165) is 34.8 Å². The fourth-order valence-corrected chi connectivity index (χ4v) is 4.18. The monoisotopic (exact) mass is 417 g/mol. The van der Waals surface area contributed by atoms with E-state index in [1.54, 1.807) is 17.3 Å². The molecule has 0 aromatic carbocycles. The van der Waals surface area contributed by atoms with Crippen LogP contribution in [-0.2, 0) is 9.53 Å². The highest BCUT2D eigenvalue weighted by Gasteiger charge is 2.28. The largest absolute Gasteiger partial charge is 0.444 e. The molecule has 1 fully saturated rings. The van der Waals surface area contributed by atoms with E-state index < -0.39 is 5.60 Å². The number of nitrogens with one attached hydrogen (secondary N) is 1. The summed E-state index contributed by atoms with van der Waals surface area (Å²) in [5.74, 6) is 0.0889. The average molecular weight is 418 g/mol. The van der Waals surface area contributed by atoms with E-state index in [4.69, 9.17) is 9.72 Å². The van der Waals surface area contributed by atoms with Crippen LogP contribution in [0.25, 0.3) is 10.6 Å². The second-order valence-corrected chi connectivity index (χ2v) is 9.18. The molecule has 0 unspecified atom stereocenters. The third kappa shape index (κ3) is 5.50. The molecule has 1 aliphatic rings. The van der Waals surface area contributed by atoms with Crippen molar-refractivity contribution in [3.8, 4) is 10.6 Å². The number of aromatic nitrogens is 3. The summed E-state index contributed by atoms with van der Waals surface area (Å²) in [6, 6.07) is 0. The van der Waals surface area contributed by atoms with Gasteiger partial charge in [0.25, 0.3) is 0 Å². The van der Waals surface area contributed by atoms with Gasteiger partial charge >= 0.3 is 6.09 Å². The van der Waals surface area contributed by atoms with Gasteiger partial charge in [0.05, 0.1) is 22.5 Å². The first-order chi connectivity index (χ1) is 13.6. The van der Waals surface area contributed by atoms with E-state index in [-0.39, 0.29) is 17.9 Å². The SMILES string of the molecule is CC(=O)Nc1nc(C)c(-c2cncc(C3CCN(C(=O)OC(C)(C)C)CC3)n2)s1. The molecule has 8 nitrogen and oxygen atoms in total. The molecule has 0 saturated carbocycles. The van der Waals surface area contributed by atoms with Gasteiger partial charge < -0.3 is 15.0 Å². The van der Waals surface area contributed by atoms with Crippen LogP contribution in [0.15, 0.2) is 12.4 Å². The van der Waals surface area contributed by atoms with E-state index in [2.05, 4.69) is 15.3 Å². The number of carbonyl (C=O) groups excluding carboxylic acids is 2. The van der Waals surface area contributed by atoms with E-state index in [0.29, 0.717) is 18.2 Å². The minimum Gasteiger partial charge on any atom is -0.444 e. The minimum atomic E-state index is -0.490. The van der Waals surface area contributed by atoms with Crippen LogP contribution in [0.2, 0.25) is 0 Å². The number of rotatable bonds is 3. The molecular weight excluding hydrogens is 390 g/mol. The summed E-state index contributed by atoms with van der Waals surface area (Å²) in [6.45, 7) is 10.2. The number of aryl methyl sites for hydroxylation is 1. The summed E-state index contributed by atoms with van der Waals surface area (Å²) in [7, 11) is 0. The molecule has 0 spiro atoms. The van der Waals surface area contributed by atoms with Crippen molar-refractivity contribution in [2.45, 2.75) is 59.0 Å². The number of carbonyl (C=O) groups is 2. The van der Waals surface area contributed by atoms with Crippen molar-refractivity contribution in [3.05, 3.63) is 23.8 Å². The highest BCUT2D eigenvalue weighted by atomic mass is 32.1. The van der Waals surface area contributed by atoms with Crippen molar-refractivity contribution in [3.63, 3.8) is 0 Å². The van der Waals surface area contributed by atoms with E-state index in [1.165, 1.54) is 18.3 Å². The van der Waals surface area contributed by atoms with Crippen LogP contribution in [0.1, 0.15) is 57.8 Å². The zero-order valence-electron chi connectivity index (χ0n) is 17.5. The number of amides is 2. The lowest BCUT2D eigenvalue weighted by Gasteiger charge is -2.33. The number of nitrogens with zero attached hydrogens (tertiary/aromatic N) is 4. The van der Waals surface area contributed by atoms with Gasteiger partial charge in [-0.2, -0.15) is 0 Å². The van der Waals surface area contributed by atoms with Crippen molar-refractivity contribution >= 4 is 28.5 Å². The van der Waals surface area contributed by atoms with Crippen LogP contribution < -0.4 is 5.32 Å². The minimum absolute atomic E-state index is 0.151. The fourth-order valence-electron chi connectivity index (χ4n) is 3.21. The number of piperidine rings is 1. The van der Waals surface area contributed by atoms with Crippen molar-refractivity contribution in [1.82, 2.24) is 19.9 Å². The molecule has 1 N–H and O–H groups in total. The summed E-state index contributed by atoms with van der Waals surface area (Å²) in [4.78, 5) is 39.8. The van der Waals surface area contributed by atoms with Gasteiger partial charge in [-0.1, -0.05) is 11.3 Å². The van der Waals surface area contributed by atoms with Crippen LogP contribution in [-0.4, -0.2) is 50.5 Å². The molecule has 156 valence electrons. The summed E-state index contributed by atoms with van der Waals surface area (Å²) in [6.07, 6.45) is 4.88. The Morgan fingerprint density at radius 3 is 2.52 bits per heavy atom. The molecule has 2 aromatic rings. The Morgan fingerprint density at radius 2 is 1.90 bits per heavy atom. The first-order valence-corrected chi connectivity index (χ1v) is 10.5. The van der Waals surface area contributed by atoms with Crippen molar-refractivity contribution in [2.75, 3.05) is 18.4 Å². The van der Waals surface area contributed by atoms with Crippen LogP contribution in [0.3, 0.4) is 0 Å². The van der Waals surface area contributed by atoms with Crippen LogP contribution in [0.4, 0.5) is 9.93 Å². The first-order valence-electron chi connectivity index (χ1n) is 9.67. The zero-order chi connectivity index (χ0) is 21.2. The number of anilines is 1. The fraction of sp³-hybridized carbons (Fsp3) is 0.550. The summed E-state index contributed by atoms with van der Waals surface area (Å²) < 4.78 is 5.46. The second kappa shape index (κ2) is 8.44. The van der Waals surface area contributed by atoms with Gasteiger partial charge in [0.2, 0.25) is 5.91 Å². The van der Waals surface area contributed by atoms with Gasteiger partial charge in [-0.25, -0.2) is 14.8 Å². The molecule has 2 amide bonds. The molecule has 0 bridgehead atoms. The van der Waals surface area contributed by atoms with Crippen LogP contribution in [0.5, 0.6) is 0 Å². The van der Waals surface area contributed by atoms with Crippen LogP contribution in [0, 0.1) is 6.92 Å². The van der Waals surface area contributed by atoms with Gasteiger partial charge in [0.15, 0.2) is 5.13 Å². The standard InChI is InChI=1S/C20H27N5O3S/c1-12-17(29-18(22-12)23-13(2)26)16-11-21-10-15(24-16)14-6-8-25(9-7-14)19(27)28-20(3,4)5/h10-11,14H,6-9H2,1-5H3,(H,22,23,26). The molecule has 3 heterocycles. The van der Waals surface area contributed by atoms with E-state index in [1.807, 2.05) is 27.7 Å². The molecule has 3 rings (SSSR count). The smallest absolute Gasteiger partial charge is 0.410 e. The van der Waals surface area contributed by atoms with Gasteiger partial charge in [-0.3, -0.25) is 9.78 Å². The third-order valence-electron chi connectivity index (χ3n) is 4.53. The molecule has 0 aliphatic carbocycles. The summed E-state index contributed by atoms with van der Waals surface area (Å²) in [5.41, 5.74) is 1.99. The number of hydrogen-bond donors (Lipinski definition) is 1. The maximum absolute atomic E-state index is 12.3. The number of hydrogen-bond acceptors (Lipinski definition) is 7. The van der Waals surface area contributed by atoms with Crippen molar-refractivity contribution < 1.29 is 14.3 Å². The maximum Gasteiger partial charge on any atom is 0.410 e. The predicted octanol–water partition coefficient (Wildman–Crippen LogP) is 3.98. The van der Waals surface area contributed by atoms with Crippen LogP contribution >= 0.6 is 11.3 Å².